The van der Waals surface area contributed by atoms with E-state index >= 15 is 0 Å². The number of hydrogen-bond donors (Lipinski definition) is 0. The maximum Gasteiger partial charge on any atom is 0.482 e. The smallest absolute Gasteiger partial charge is 0.376 e. The van der Waals surface area contributed by atoms with E-state index in [1.807, 2.05) is 0 Å². The van der Waals surface area contributed by atoms with Gasteiger partial charge in [0.2, 0.25) is 0 Å². The summed E-state index contributed by atoms with van der Waals surface area (Å²) >= 11 is 0. The van der Waals surface area contributed by atoms with Gasteiger partial charge in [0.15, 0.2) is 0 Å². The lowest BCUT2D eigenvalue weighted by Gasteiger charge is -2.20. The van der Waals surface area contributed by atoms with Gasteiger partial charge in [-0.1, -0.05) is 0 Å². The van der Waals surface area contributed by atoms with E-state index in [2.05, 4.69) is 4.74 Å². The minimum atomic E-state index is -5.66. The van der Waals surface area contributed by atoms with Gasteiger partial charge in [-0.15, -0.1) is 0 Å². The fraction of sp³-hybridized carbons (Fsp3) is 1.00. The topological polar surface area (TPSA) is 18.5 Å². The van der Waals surface area contributed by atoms with Gasteiger partial charge in [0.05, 0.1) is 12.7 Å². The summed E-state index contributed by atoms with van der Waals surface area (Å²) in [7, 11) is 0. The summed E-state index contributed by atoms with van der Waals surface area (Å²) < 4.78 is 67.5. The predicted octanol–water partition coefficient (Wildman–Crippen LogP) is 2.34. The van der Waals surface area contributed by atoms with Crippen LogP contribution in [0.1, 0.15) is 12.8 Å². The van der Waals surface area contributed by atoms with Crippen LogP contribution < -0.4 is 0 Å². The molecule has 0 aromatic heterocycles. The van der Waals surface area contributed by atoms with Gasteiger partial charge in [0, 0.05) is 6.61 Å². The Morgan fingerprint density at radius 3 is 2.29 bits per heavy atom. The SMILES string of the molecule is FC(F)(F)C(F)(F)OCC1CCCO1. The van der Waals surface area contributed by atoms with Crippen molar-refractivity contribution in [3.8, 4) is 0 Å². The zero-order chi connectivity index (χ0) is 10.8. The van der Waals surface area contributed by atoms with Crippen molar-refractivity contribution in [2.45, 2.75) is 31.2 Å². The summed E-state index contributed by atoms with van der Waals surface area (Å²) in [4.78, 5) is 0. The van der Waals surface area contributed by atoms with Crippen molar-refractivity contribution in [3.63, 3.8) is 0 Å². The Hall–Kier alpha value is -0.430. The fourth-order valence-corrected chi connectivity index (χ4v) is 1.06. The summed E-state index contributed by atoms with van der Waals surface area (Å²) in [5.74, 6) is 0. The van der Waals surface area contributed by atoms with E-state index in [4.69, 9.17) is 4.74 Å². The number of halogens is 5. The molecule has 0 aromatic rings. The lowest BCUT2D eigenvalue weighted by molar-refractivity contribution is -0.394. The Morgan fingerprint density at radius 1 is 1.21 bits per heavy atom. The molecule has 7 heteroatoms. The number of rotatable bonds is 3. The van der Waals surface area contributed by atoms with Crippen LogP contribution in [0.3, 0.4) is 0 Å². The molecule has 0 saturated carbocycles. The third-order valence-electron chi connectivity index (χ3n) is 1.80. The molecule has 0 amide bonds. The molecular weight excluding hydrogens is 211 g/mol. The summed E-state index contributed by atoms with van der Waals surface area (Å²) in [6.07, 6.45) is -10.3. The molecule has 1 heterocycles. The fourth-order valence-electron chi connectivity index (χ4n) is 1.06. The van der Waals surface area contributed by atoms with E-state index in [1.54, 1.807) is 0 Å². The molecule has 0 aliphatic carbocycles. The Morgan fingerprint density at radius 2 is 1.86 bits per heavy atom. The molecule has 0 bridgehead atoms. The maximum absolute atomic E-state index is 12.2. The van der Waals surface area contributed by atoms with Crippen molar-refractivity contribution in [1.29, 1.82) is 0 Å². The molecule has 1 aliphatic rings. The first-order valence-electron chi connectivity index (χ1n) is 4.03. The lowest BCUT2D eigenvalue weighted by Crippen LogP contribution is -2.40. The molecular formula is C7H9F5O2. The van der Waals surface area contributed by atoms with Crippen molar-refractivity contribution in [2.24, 2.45) is 0 Å². The Kier molecular flexibility index (Phi) is 3.31. The van der Waals surface area contributed by atoms with Crippen molar-refractivity contribution >= 4 is 0 Å². The van der Waals surface area contributed by atoms with E-state index in [0.717, 1.165) is 0 Å². The molecule has 1 atom stereocenters. The van der Waals surface area contributed by atoms with Crippen LogP contribution in [0.4, 0.5) is 22.0 Å². The van der Waals surface area contributed by atoms with Crippen LogP contribution in [0, 0.1) is 0 Å². The average Bonchev–Trinajstić information content (AvgIpc) is 2.50. The normalized spacial score (nSPS) is 24.2. The van der Waals surface area contributed by atoms with Gasteiger partial charge in [0.25, 0.3) is 0 Å². The molecule has 1 saturated heterocycles. The zero-order valence-corrected chi connectivity index (χ0v) is 7.11. The zero-order valence-electron chi connectivity index (χ0n) is 7.11. The maximum atomic E-state index is 12.2. The molecule has 0 radical (unpaired) electrons. The third kappa shape index (κ3) is 2.78. The standard InChI is InChI=1S/C7H9F5O2/c8-6(9,10)7(11,12)14-4-5-2-1-3-13-5/h5H,1-4H2. The van der Waals surface area contributed by atoms with Gasteiger partial charge in [0.1, 0.15) is 0 Å². The molecule has 2 nitrogen and oxygen atoms in total. The van der Waals surface area contributed by atoms with Gasteiger partial charge < -0.3 is 9.47 Å². The molecule has 0 spiro atoms. The first-order chi connectivity index (χ1) is 6.33. The van der Waals surface area contributed by atoms with Crippen LogP contribution in [0.25, 0.3) is 0 Å². The summed E-state index contributed by atoms with van der Waals surface area (Å²) in [6, 6.07) is 0. The van der Waals surface area contributed by atoms with Gasteiger partial charge in [-0.3, -0.25) is 0 Å². The minimum Gasteiger partial charge on any atom is -0.376 e. The second kappa shape index (κ2) is 3.98. The molecule has 1 fully saturated rings. The van der Waals surface area contributed by atoms with Crippen LogP contribution in [-0.4, -0.2) is 31.6 Å². The van der Waals surface area contributed by atoms with Crippen molar-refractivity contribution < 1.29 is 31.4 Å². The molecule has 1 unspecified atom stereocenters. The van der Waals surface area contributed by atoms with Crippen LogP contribution in [0.2, 0.25) is 0 Å². The molecule has 0 N–H and O–H groups in total. The highest BCUT2D eigenvalue weighted by Gasteiger charge is 2.59. The summed E-state index contributed by atoms with van der Waals surface area (Å²) in [5.41, 5.74) is 0. The van der Waals surface area contributed by atoms with E-state index in [0.29, 0.717) is 19.4 Å². The molecule has 84 valence electrons. The highest BCUT2D eigenvalue weighted by molar-refractivity contribution is 4.68. The van der Waals surface area contributed by atoms with Crippen LogP contribution in [0.15, 0.2) is 0 Å². The first-order valence-corrected chi connectivity index (χ1v) is 4.03. The van der Waals surface area contributed by atoms with Crippen molar-refractivity contribution in [1.82, 2.24) is 0 Å². The first kappa shape index (κ1) is 11.6. The van der Waals surface area contributed by atoms with E-state index in [1.165, 1.54) is 0 Å². The average molecular weight is 220 g/mol. The molecule has 0 aromatic carbocycles. The third-order valence-corrected chi connectivity index (χ3v) is 1.80. The van der Waals surface area contributed by atoms with Gasteiger partial charge in [-0.2, -0.15) is 22.0 Å². The second-order valence-corrected chi connectivity index (χ2v) is 2.96. The highest BCUT2D eigenvalue weighted by atomic mass is 19.4. The van der Waals surface area contributed by atoms with Crippen LogP contribution in [0.5, 0.6) is 0 Å². The summed E-state index contributed by atoms with van der Waals surface area (Å²) in [6.45, 7) is -0.349. The van der Waals surface area contributed by atoms with Gasteiger partial charge in [-0.25, -0.2) is 0 Å². The van der Waals surface area contributed by atoms with E-state index < -0.39 is 25.0 Å². The van der Waals surface area contributed by atoms with Crippen molar-refractivity contribution in [3.05, 3.63) is 0 Å². The largest absolute Gasteiger partial charge is 0.482 e. The molecule has 1 aliphatic heterocycles. The highest BCUT2D eigenvalue weighted by Crippen LogP contribution is 2.36. The Balaban J connectivity index is 2.35. The number of hydrogen-bond acceptors (Lipinski definition) is 2. The number of alkyl halides is 5. The van der Waals surface area contributed by atoms with Gasteiger partial charge >= 0.3 is 12.3 Å². The Labute approximate surface area is 77.0 Å². The molecule has 1 rings (SSSR count). The van der Waals surface area contributed by atoms with E-state index in [9.17, 15) is 22.0 Å². The number of ether oxygens (including phenoxy) is 2. The minimum absolute atomic E-state index is 0.381. The van der Waals surface area contributed by atoms with E-state index in [-0.39, 0.29) is 0 Å². The second-order valence-electron chi connectivity index (χ2n) is 2.96. The summed E-state index contributed by atoms with van der Waals surface area (Å²) in [5, 5.41) is 0. The monoisotopic (exact) mass is 220 g/mol. The lowest BCUT2D eigenvalue weighted by atomic mass is 10.2. The van der Waals surface area contributed by atoms with Crippen molar-refractivity contribution in [2.75, 3.05) is 13.2 Å². The molecule has 14 heavy (non-hydrogen) atoms. The quantitative estimate of drug-likeness (QED) is 0.679. The van der Waals surface area contributed by atoms with Crippen LogP contribution >= 0.6 is 0 Å². The van der Waals surface area contributed by atoms with Gasteiger partial charge in [-0.05, 0) is 12.8 Å². The predicted molar refractivity (Wildman–Crippen MR) is 35.9 cm³/mol. The van der Waals surface area contributed by atoms with Crippen LogP contribution in [-0.2, 0) is 9.47 Å². The Bertz CT molecular complexity index is 185.